The topological polar surface area (TPSA) is 81.2 Å². The zero-order chi connectivity index (χ0) is 15.0. The third-order valence-corrected chi connectivity index (χ3v) is 4.24. The summed E-state index contributed by atoms with van der Waals surface area (Å²) < 4.78 is 6.45. The van der Waals surface area contributed by atoms with Gasteiger partial charge >= 0.3 is 0 Å². The van der Waals surface area contributed by atoms with Crippen molar-refractivity contribution in [1.29, 1.82) is 0 Å². The maximum absolute atomic E-state index is 12.3. The fourth-order valence-electron chi connectivity index (χ4n) is 2.08. The van der Waals surface area contributed by atoms with Crippen molar-refractivity contribution in [3.05, 3.63) is 47.0 Å². The average Bonchev–Trinajstić information content (AvgIpc) is 3.04. The quantitative estimate of drug-likeness (QED) is 0.727. The lowest BCUT2D eigenvalue weighted by Gasteiger charge is -2.08. The minimum atomic E-state index is -0.276. The molecule has 1 amide bonds. The zero-order valence-corrected chi connectivity index (χ0v) is 12.5. The van der Waals surface area contributed by atoms with Crippen LogP contribution in [0.4, 0.5) is 5.69 Å². The van der Waals surface area contributed by atoms with Gasteiger partial charge in [-0.3, -0.25) is 4.79 Å². The monoisotopic (exact) mass is 301 g/mol. The molecule has 0 aliphatic heterocycles. The standard InChI is InChI=1S/C15H15N3O2S/c1-8-7-17-15(20-8)9(2)18-14(19)13-6-10-5-11(16)3-4-12(10)21-13/h3-7,9H,16H2,1-2H3,(H,18,19). The first-order valence-electron chi connectivity index (χ1n) is 6.55. The van der Waals surface area contributed by atoms with Gasteiger partial charge in [-0.25, -0.2) is 4.98 Å². The molecule has 3 N–H and O–H groups in total. The van der Waals surface area contributed by atoms with E-state index in [0.29, 0.717) is 16.5 Å². The lowest BCUT2D eigenvalue weighted by molar-refractivity contribution is 0.0938. The summed E-state index contributed by atoms with van der Waals surface area (Å²) >= 11 is 1.44. The molecule has 0 bridgehead atoms. The van der Waals surface area contributed by atoms with Crippen molar-refractivity contribution in [1.82, 2.24) is 10.3 Å². The van der Waals surface area contributed by atoms with Crippen LogP contribution in [0.3, 0.4) is 0 Å². The maximum Gasteiger partial charge on any atom is 0.262 e. The second-order valence-corrected chi connectivity index (χ2v) is 6.00. The molecule has 6 heteroatoms. The van der Waals surface area contributed by atoms with Gasteiger partial charge in [-0.1, -0.05) is 0 Å². The van der Waals surface area contributed by atoms with E-state index >= 15 is 0 Å². The van der Waals surface area contributed by atoms with Crippen LogP contribution in [0.5, 0.6) is 0 Å². The molecular formula is C15H15N3O2S. The van der Waals surface area contributed by atoms with Crippen LogP contribution in [-0.2, 0) is 0 Å². The third-order valence-electron chi connectivity index (χ3n) is 3.12. The summed E-state index contributed by atoms with van der Waals surface area (Å²) in [6.07, 6.45) is 1.64. The van der Waals surface area contributed by atoms with Crippen LogP contribution in [0.2, 0.25) is 0 Å². The Morgan fingerprint density at radius 2 is 2.24 bits per heavy atom. The Balaban J connectivity index is 1.80. The molecule has 0 aliphatic rings. The molecule has 0 spiro atoms. The molecule has 3 aromatic rings. The molecular weight excluding hydrogens is 286 g/mol. The van der Waals surface area contributed by atoms with Crippen LogP contribution in [0.25, 0.3) is 10.1 Å². The second kappa shape index (κ2) is 5.21. The number of hydrogen-bond acceptors (Lipinski definition) is 5. The Bertz CT molecular complexity index is 806. The Labute approximate surface area is 125 Å². The van der Waals surface area contributed by atoms with Crippen molar-refractivity contribution >= 4 is 33.0 Å². The molecule has 1 atom stereocenters. The highest BCUT2D eigenvalue weighted by Gasteiger charge is 2.17. The van der Waals surface area contributed by atoms with Gasteiger partial charge in [-0.2, -0.15) is 0 Å². The van der Waals surface area contributed by atoms with Gasteiger partial charge in [-0.05, 0) is 43.5 Å². The Kier molecular flexibility index (Phi) is 3.39. The van der Waals surface area contributed by atoms with E-state index in [4.69, 9.17) is 10.2 Å². The molecule has 0 fully saturated rings. The number of hydrogen-bond donors (Lipinski definition) is 2. The highest BCUT2D eigenvalue weighted by Crippen LogP contribution is 2.27. The van der Waals surface area contributed by atoms with Crippen molar-refractivity contribution in [2.45, 2.75) is 19.9 Å². The molecule has 2 aromatic heterocycles. The summed E-state index contributed by atoms with van der Waals surface area (Å²) in [7, 11) is 0. The first-order chi connectivity index (χ1) is 10.0. The Hall–Kier alpha value is -2.34. The normalized spacial score (nSPS) is 12.5. The Morgan fingerprint density at radius 1 is 1.43 bits per heavy atom. The smallest absolute Gasteiger partial charge is 0.262 e. The summed E-state index contributed by atoms with van der Waals surface area (Å²) in [6, 6.07) is 7.19. The van der Waals surface area contributed by atoms with Gasteiger partial charge in [0.2, 0.25) is 5.89 Å². The van der Waals surface area contributed by atoms with Crippen LogP contribution in [-0.4, -0.2) is 10.9 Å². The summed E-state index contributed by atoms with van der Waals surface area (Å²) in [5.74, 6) is 1.09. The molecule has 1 aromatic carbocycles. The van der Waals surface area contributed by atoms with Gasteiger partial charge in [0.15, 0.2) is 0 Å². The largest absolute Gasteiger partial charge is 0.444 e. The minimum Gasteiger partial charge on any atom is -0.444 e. The van der Waals surface area contributed by atoms with Crippen molar-refractivity contribution < 1.29 is 9.21 Å². The van der Waals surface area contributed by atoms with Crippen molar-refractivity contribution in [3.8, 4) is 0 Å². The maximum atomic E-state index is 12.3. The highest BCUT2D eigenvalue weighted by molar-refractivity contribution is 7.20. The van der Waals surface area contributed by atoms with Crippen LogP contribution in [0, 0.1) is 6.92 Å². The lowest BCUT2D eigenvalue weighted by Crippen LogP contribution is -2.26. The van der Waals surface area contributed by atoms with E-state index in [2.05, 4.69) is 10.3 Å². The lowest BCUT2D eigenvalue weighted by atomic mass is 10.2. The number of rotatable bonds is 3. The minimum absolute atomic E-state index is 0.141. The molecule has 0 aliphatic carbocycles. The van der Waals surface area contributed by atoms with Gasteiger partial charge in [-0.15, -0.1) is 11.3 Å². The average molecular weight is 301 g/mol. The molecule has 21 heavy (non-hydrogen) atoms. The summed E-state index contributed by atoms with van der Waals surface area (Å²) in [6.45, 7) is 3.66. The number of thiophene rings is 1. The summed E-state index contributed by atoms with van der Waals surface area (Å²) in [5, 5.41) is 3.86. The summed E-state index contributed by atoms with van der Waals surface area (Å²) in [4.78, 5) is 17.1. The molecule has 2 heterocycles. The van der Waals surface area contributed by atoms with Crippen LogP contribution in [0.1, 0.15) is 34.3 Å². The van der Waals surface area contributed by atoms with Gasteiger partial charge in [0.05, 0.1) is 11.1 Å². The third kappa shape index (κ3) is 2.75. The Morgan fingerprint density at radius 3 is 2.95 bits per heavy atom. The number of aryl methyl sites for hydroxylation is 1. The van der Waals surface area contributed by atoms with E-state index in [1.165, 1.54) is 11.3 Å². The van der Waals surface area contributed by atoms with Gasteiger partial charge in [0.25, 0.3) is 5.91 Å². The number of oxazole rings is 1. The van der Waals surface area contributed by atoms with E-state index < -0.39 is 0 Å². The fraction of sp³-hybridized carbons (Fsp3) is 0.200. The van der Waals surface area contributed by atoms with Crippen LogP contribution >= 0.6 is 11.3 Å². The zero-order valence-electron chi connectivity index (χ0n) is 11.7. The fourth-order valence-corrected chi connectivity index (χ4v) is 3.02. The SMILES string of the molecule is Cc1cnc(C(C)NC(=O)c2cc3cc(N)ccc3s2)o1. The predicted octanol–water partition coefficient (Wildman–Crippen LogP) is 3.27. The number of nitrogens with one attached hydrogen (secondary N) is 1. The molecule has 0 radical (unpaired) electrons. The molecule has 5 nitrogen and oxygen atoms in total. The molecule has 0 saturated carbocycles. The van der Waals surface area contributed by atoms with E-state index in [1.54, 1.807) is 6.20 Å². The first-order valence-corrected chi connectivity index (χ1v) is 7.37. The van der Waals surface area contributed by atoms with Gasteiger partial charge in [0, 0.05) is 10.4 Å². The molecule has 1 unspecified atom stereocenters. The number of nitrogen functional groups attached to an aromatic ring is 1. The first kappa shape index (κ1) is 13.6. The van der Waals surface area contributed by atoms with Gasteiger partial charge < -0.3 is 15.5 Å². The molecule has 108 valence electrons. The van der Waals surface area contributed by atoms with Gasteiger partial charge in [0.1, 0.15) is 11.8 Å². The number of carbonyl (C=O) groups excluding carboxylic acids is 1. The van der Waals surface area contributed by atoms with E-state index in [9.17, 15) is 4.79 Å². The number of nitrogens with zero attached hydrogens (tertiary/aromatic N) is 1. The van der Waals surface area contributed by atoms with E-state index in [-0.39, 0.29) is 11.9 Å². The molecule has 0 saturated heterocycles. The molecule has 3 rings (SSSR count). The number of aromatic nitrogens is 1. The van der Waals surface area contributed by atoms with Crippen LogP contribution < -0.4 is 11.1 Å². The predicted molar refractivity (Wildman–Crippen MR) is 83.4 cm³/mol. The van der Waals surface area contributed by atoms with E-state index in [0.717, 1.165) is 15.8 Å². The number of amides is 1. The van der Waals surface area contributed by atoms with Crippen LogP contribution in [0.15, 0.2) is 34.9 Å². The number of nitrogens with two attached hydrogens (primary N) is 1. The van der Waals surface area contributed by atoms with E-state index in [1.807, 2.05) is 38.1 Å². The number of anilines is 1. The number of carbonyl (C=O) groups is 1. The number of benzene rings is 1. The van der Waals surface area contributed by atoms with Crippen molar-refractivity contribution in [2.75, 3.05) is 5.73 Å². The highest BCUT2D eigenvalue weighted by atomic mass is 32.1. The van der Waals surface area contributed by atoms with Crippen molar-refractivity contribution in [2.24, 2.45) is 0 Å². The second-order valence-electron chi connectivity index (χ2n) is 4.91. The summed E-state index contributed by atoms with van der Waals surface area (Å²) in [5.41, 5.74) is 6.44. The number of fused-ring (bicyclic) bond motifs is 1. The van der Waals surface area contributed by atoms with Crippen molar-refractivity contribution in [3.63, 3.8) is 0 Å².